The molecule has 0 unspecified atom stereocenters. The van der Waals surface area contributed by atoms with E-state index in [1.165, 1.54) is 0 Å². The Labute approximate surface area is 166 Å². The van der Waals surface area contributed by atoms with Crippen LogP contribution in [-0.4, -0.2) is 33.8 Å². The maximum Gasteiger partial charge on any atom is 0.254 e. The molecular weight excluding hydrogens is 350 g/mol. The molecule has 5 nitrogen and oxygen atoms in total. The lowest BCUT2D eigenvalue weighted by Gasteiger charge is -2.50. The monoisotopic (exact) mass is 377 g/mol. The second-order valence-corrected chi connectivity index (χ2v) is 8.37. The van der Waals surface area contributed by atoms with Crippen LogP contribution in [0.4, 0.5) is 5.69 Å². The summed E-state index contributed by atoms with van der Waals surface area (Å²) in [6.45, 7) is 4.93. The number of anilines is 1. The standard InChI is InChI=1S/C23H27N3O2/c1-16(2)15-26-22(28)19-8-4-3-7-18(19)20(23(26)11-5-6-12-23)21(27)25-17-9-13-24-14-10-17/h3-4,7-10,13-14,16,20H,5-6,11-12,15H2,1-2H3,(H,24,25,27)/t20-/m1/s1. The largest absolute Gasteiger partial charge is 0.332 e. The summed E-state index contributed by atoms with van der Waals surface area (Å²) in [5, 5.41) is 3.08. The molecule has 1 atom stereocenters. The zero-order valence-electron chi connectivity index (χ0n) is 16.5. The first-order valence-electron chi connectivity index (χ1n) is 10.1. The Hall–Kier alpha value is -2.69. The van der Waals surface area contributed by atoms with Gasteiger partial charge in [-0.1, -0.05) is 44.9 Å². The highest BCUT2D eigenvalue weighted by molar-refractivity contribution is 6.05. The summed E-state index contributed by atoms with van der Waals surface area (Å²) >= 11 is 0. The van der Waals surface area contributed by atoms with E-state index in [4.69, 9.17) is 0 Å². The van der Waals surface area contributed by atoms with Crippen molar-refractivity contribution in [1.29, 1.82) is 0 Å². The molecular formula is C23H27N3O2. The number of rotatable bonds is 4. The summed E-state index contributed by atoms with van der Waals surface area (Å²) in [5.41, 5.74) is 1.82. The fourth-order valence-electron chi connectivity index (χ4n) is 4.95. The van der Waals surface area contributed by atoms with Crippen LogP contribution >= 0.6 is 0 Å². The molecule has 1 aliphatic heterocycles. The van der Waals surface area contributed by atoms with Crippen molar-refractivity contribution < 1.29 is 9.59 Å². The van der Waals surface area contributed by atoms with E-state index in [0.29, 0.717) is 18.0 Å². The fourth-order valence-corrected chi connectivity index (χ4v) is 4.95. The number of hydrogen-bond acceptors (Lipinski definition) is 3. The zero-order chi connectivity index (χ0) is 19.7. The third-order valence-electron chi connectivity index (χ3n) is 6.05. The number of pyridine rings is 1. The number of fused-ring (bicyclic) bond motifs is 1. The lowest BCUT2D eigenvalue weighted by Crippen LogP contribution is -2.60. The van der Waals surface area contributed by atoms with Crippen molar-refractivity contribution in [3.63, 3.8) is 0 Å². The summed E-state index contributed by atoms with van der Waals surface area (Å²) < 4.78 is 0. The Bertz CT molecular complexity index is 872. The van der Waals surface area contributed by atoms with Crippen LogP contribution in [0.2, 0.25) is 0 Å². The Morgan fingerprint density at radius 3 is 2.54 bits per heavy atom. The summed E-state index contributed by atoms with van der Waals surface area (Å²) in [5.74, 6) is 0.00683. The third kappa shape index (κ3) is 3.09. The number of carbonyl (C=O) groups excluding carboxylic acids is 2. The van der Waals surface area contributed by atoms with E-state index in [9.17, 15) is 9.59 Å². The molecule has 1 aromatic heterocycles. The number of nitrogens with one attached hydrogen (secondary N) is 1. The molecule has 1 spiro atoms. The summed E-state index contributed by atoms with van der Waals surface area (Å²) in [4.78, 5) is 33.0. The van der Waals surface area contributed by atoms with E-state index in [-0.39, 0.29) is 17.7 Å². The first kappa shape index (κ1) is 18.7. The molecule has 5 heteroatoms. The Kier molecular flexibility index (Phi) is 4.92. The maximum absolute atomic E-state index is 13.6. The second-order valence-electron chi connectivity index (χ2n) is 8.37. The normalized spacial score (nSPS) is 20.5. The van der Waals surface area contributed by atoms with E-state index in [2.05, 4.69) is 24.1 Å². The van der Waals surface area contributed by atoms with E-state index in [1.54, 1.807) is 24.5 Å². The minimum absolute atomic E-state index is 0.0400. The molecule has 28 heavy (non-hydrogen) atoms. The summed E-state index contributed by atoms with van der Waals surface area (Å²) in [7, 11) is 0. The molecule has 0 bridgehead atoms. The molecule has 1 aromatic carbocycles. The van der Waals surface area contributed by atoms with Crippen LogP contribution in [0.5, 0.6) is 0 Å². The fraction of sp³-hybridized carbons (Fsp3) is 0.435. The van der Waals surface area contributed by atoms with Gasteiger partial charge in [-0.15, -0.1) is 0 Å². The zero-order valence-corrected chi connectivity index (χ0v) is 16.5. The van der Waals surface area contributed by atoms with Crippen molar-refractivity contribution in [3.05, 3.63) is 59.9 Å². The molecule has 0 saturated heterocycles. The summed E-state index contributed by atoms with van der Waals surface area (Å²) in [6, 6.07) is 11.2. The molecule has 146 valence electrons. The van der Waals surface area contributed by atoms with Crippen molar-refractivity contribution >= 4 is 17.5 Å². The highest BCUT2D eigenvalue weighted by atomic mass is 16.2. The van der Waals surface area contributed by atoms with Gasteiger partial charge in [0, 0.05) is 30.2 Å². The molecule has 0 radical (unpaired) electrons. The van der Waals surface area contributed by atoms with Crippen molar-refractivity contribution in [3.8, 4) is 0 Å². The maximum atomic E-state index is 13.6. The van der Waals surface area contributed by atoms with Crippen LogP contribution in [-0.2, 0) is 4.79 Å². The van der Waals surface area contributed by atoms with Gasteiger partial charge >= 0.3 is 0 Å². The predicted octanol–water partition coefficient (Wildman–Crippen LogP) is 4.23. The van der Waals surface area contributed by atoms with Gasteiger partial charge in [-0.05, 0) is 42.5 Å². The number of aromatic nitrogens is 1. The first-order chi connectivity index (χ1) is 13.5. The van der Waals surface area contributed by atoms with Crippen molar-refractivity contribution in [2.45, 2.75) is 51.0 Å². The van der Waals surface area contributed by atoms with Crippen LogP contribution in [0.25, 0.3) is 0 Å². The molecule has 1 aliphatic carbocycles. The van der Waals surface area contributed by atoms with Crippen LogP contribution in [0.1, 0.15) is 61.4 Å². The van der Waals surface area contributed by atoms with E-state index in [1.807, 2.05) is 29.2 Å². The van der Waals surface area contributed by atoms with E-state index < -0.39 is 5.54 Å². The SMILES string of the molecule is CC(C)CN1C(=O)c2ccccc2[C@H](C(=O)Nc2ccncc2)C12CCCC2. The first-order valence-corrected chi connectivity index (χ1v) is 10.1. The van der Waals surface area contributed by atoms with Crippen LogP contribution in [0.15, 0.2) is 48.8 Å². The van der Waals surface area contributed by atoms with E-state index in [0.717, 1.165) is 36.9 Å². The van der Waals surface area contributed by atoms with Gasteiger partial charge in [0.2, 0.25) is 5.91 Å². The molecule has 2 aromatic rings. The van der Waals surface area contributed by atoms with Crippen LogP contribution < -0.4 is 5.32 Å². The van der Waals surface area contributed by atoms with Gasteiger partial charge in [-0.2, -0.15) is 0 Å². The number of nitrogens with zero attached hydrogens (tertiary/aromatic N) is 2. The Morgan fingerprint density at radius 2 is 1.86 bits per heavy atom. The van der Waals surface area contributed by atoms with Crippen LogP contribution in [0.3, 0.4) is 0 Å². The lowest BCUT2D eigenvalue weighted by atomic mass is 9.70. The average Bonchev–Trinajstić information content (AvgIpc) is 3.16. The smallest absolute Gasteiger partial charge is 0.254 e. The minimum atomic E-state index is -0.438. The second kappa shape index (κ2) is 7.38. The molecule has 2 heterocycles. The topological polar surface area (TPSA) is 62.3 Å². The summed E-state index contributed by atoms with van der Waals surface area (Å²) in [6.07, 6.45) is 7.17. The molecule has 4 rings (SSSR count). The van der Waals surface area contributed by atoms with Crippen molar-refractivity contribution in [2.75, 3.05) is 11.9 Å². The van der Waals surface area contributed by atoms with Gasteiger partial charge in [0.15, 0.2) is 0 Å². The number of amides is 2. The van der Waals surface area contributed by atoms with Gasteiger partial charge < -0.3 is 10.2 Å². The van der Waals surface area contributed by atoms with Gasteiger partial charge in [0.25, 0.3) is 5.91 Å². The van der Waals surface area contributed by atoms with Gasteiger partial charge in [-0.25, -0.2) is 0 Å². The molecule has 2 amide bonds. The van der Waals surface area contributed by atoms with E-state index >= 15 is 0 Å². The predicted molar refractivity (Wildman–Crippen MR) is 109 cm³/mol. The van der Waals surface area contributed by atoms with Crippen molar-refractivity contribution in [1.82, 2.24) is 9.88 Å². The minimum Gasteiger partial charge on any atom is -0.332 e. The van der Waals surface area contributed by atoms with Crippen molar-refractivity contribution in [2.24, 2.45) is 5.92 Å². The highest BCUT2D eigenvalue weighted by Crippen LogP contribution is 2.50. The van der Waals surface area contributed by atoms with Gasteiger partial charge in [-0.3, -0.25) is 14.6 Å². The Morgan fingerprint density at radius 1 is 1.18 bits per heavy atom. The Balaban J connectivity index is 1.81. The highest BCUT2D eigenvalue weighted by Gasteiger charge is 2.55. The van der Waals surface area contributed by atoms with Gasteiger partial charge in [0.1, 0.15) is 0 Å². The van der Waals surface area contributed by atoms with Gasteiger partial charge in [0.05, 0.1) is 11.5 Å². The quantitative estimate of drug-likeness (QED) is 0.867. The average molecular weight is 377 g/mol. The molecule has 1 fully saturated rings. The number of benzene rings is 1. The molecule has 1 saturated carbocycles. The third-order valence-corrected chi connectivity index (χ3v) is 6.05. The van der Waals surface area contributed by atoms with Crippen LogP contribution in [0, 0.1) is 5.92 Å². The number of carbonyl (C=O) groups is 2. The molecule has 2 aliphatic rings. The number of hydrogen-bond donors (Lipinski definition) is 1. The molecule has 1 N–H and O–H groups in total. The lowest BCUT2D eigenvalue weighted by molar-refractivity contribution is -0.121.